The highest BCUT2D eigenvalue weighted by molar-refractivity contribution is 4.81. The fourth-order valence-electron chi connectivity index (χ4n) is 4.37. The Morgan fingerprint density at radius 1 is 0.367 bits per heavy atom. The van der Waals surface area contributed by atoms with Gasteiger partial charge in [0, 0.05) is 0 Å². The Labute approximate surface area is 193 Å². The summed E-state index contributed by atoms with van der Waals surface area (Å²) in [4.78, 5) is 0. The van der Waals surface area contributed by atoms with Crippen molar-refractivity contribution >= 4 is 0 Å². The van der Waals surface area contributed by atoms with Gasteiger partial charge in [-0.1, -0.05) is 167 Å². The van der Waals surface area contributed by atoms with Crippen molar-refractivity contribution in [2.24, 2.45) is 0 Å². The lowest BCUT2D eigenvalue weighted by atomic mass is 10.0. The summed E-state index contributed by atoms with van der Waals surface area (Å²) >= 11 is 0. The molecule has 30 heavy (non-hydrogen) atoms. The molecule has 1 radical (unpaired) electrons. The van der Waals surface area contributed by atoms with E-state index in [0.29, 0.717) is 0 Å². The molecule has 0 N–H and O–H groups in total. The van der Waals surface area contributed by atoms with Crippen LogP contribution in [0.25, 0.3) is 0 Å². The molecule has 0 heterocycles. The third-order valence-corrected chi connectivity index (χ3v) is 6.51. The van der Waals surface area contributed by atoms with Crippen LogP contribution in [-0.2, 0) is 0 Å². The second kappa shape index (κ2) is 28.7. The van der Waals surface area contributed by atoms with Crippen LogP contribution in [-0.4, -0.2) is 0 Å². The van der Waals surface area contributed by atoms with Crippen LogP contribution >= 0.6 is 0 Å². The second-order valence-electron chi connectivity index (χ2n) is 9.68. The minimum absolute atomic E-state index is 1.09. The van der Waals surface area contributed by atoms with Gasteiger partial charge in [0.25, 0.3) is 0 Å². The Hall–Kier alpha value is -0.260. The molecule has 0 aromatic carbocycles. The Balaban J connectivity index is 3.02. The molecule has 0 aliphatic heterocycles. The lowest BCUT2D eigenvalue weighted by molar-refractivity contribution is 0.520. The summed E-state index contributed by atoms with van der Waals surface area (Å²) in [5, 5.41) is 0. The summed E-state index contributed by atoms with van der Waals surface area (Å²) in [7, 11) is 0. The smallest absolute Gasteiger partial charge is 0.0351 e. The standard InChI is InChI=1S/C30H59/c1-3-5-7-9-11-13-15-17-19-21-23-25-27-29-30-28-26-24-22-20-18-16-14-12-10-8-6-4-2/h11,13H,1,3-10,12,14-30H2,2H3. The number of hydrogen-bond acceptors (Lipinski definition) is 0. The summed E-state index contributed by atoms with van der Waals surface area (Å²) < 4.78 is 0. The van der Waals surface area contributed by atoms with Gasteiger partial charge in [-0.25, -0.2) is 0 Å². The molecule has 0 rings (SSSR count). The molecule has 0 heteroatoms. The third-order valence-electron chi connectivity index (χ3n) is 6.51. The average molecular weight is 420 g/mol. The molecular formula is C30H59. The van der Waals surface area contributed by atoms with Crippen molar-refractivity contribution in [3.63, 3.8) is 0 Å². The van der Waals surface area contributed by atoms with Crippen molar-refractivity contribution < 1.29 is 0 Å². The van der Waals surface area contributed by atoms with Crippen molar-refractivity contribution in [3.8, 4) is 0 Å². The molecule has 179 valence electrons. The number of hydrogen-bond donors (Lipinski definition) is 0. The number of allylic oxidation sites excluding steroid dienone is 2. The molecule has 0 aromatic heterocycles. The molecule has 0 spiro atoms. The maximum atomic E-state index is 3.89. The molecule has 0 saturated carbocycles. The molecule has 0 unspecified atom stereocenters. The van der Waals surface area contributed by atoms with Gasteiger partial charge < -0.3 is 0 Å². The zero-order valence-electron chi connectivity index (χ0n) is 21.2. The first-order valence-electron chi connectivity index (χ1n) is 14.4. The quantitative estimate of drug-likeness (QED) is 0.0965. The van der Waals surface area contributed by atoms with Crippen molar-refractivity contribution in [2.75, 3.05) is 0 Å². The van der Waals surface area contributed by atoms with E-state index in [2.05, 4.69) is 26.0 Å². The Morgan fingerprint density at radius 3 is 0.933 bits per heavy atom. The maximum absolute atomic E-state index is 3.89. The molecule has 0 saturated heterocycles. The predicted molar refractivity (Wildman–Crippen MR) is 140 cm³/mol. The van der Waals surface area contributed by atoms with E-state index in [0.717, 1.165) is 6.42 Å². The molecule has 0 fully saturated rings. The fraction of sp³-hybridized carbons (Fsp3) is 0.900. The minimum Gasteiger partial charge on any atom is -0.0885 e. The zero-order chi connectivity index (χ0) is 21.8. The summed E-state index contributed by atoms with van der Waals surface area (Å²) in [6.45, 7) is 6.20. The first-order valence-corrected chi connectivity index (χ1v) is 14.4. The van der Waals surface area contributed by atoms with Gasteiger partial charge in [0.05, 0.1) is 0 Å². The SMILES string of the molecule is [CH2]CCCCC=CCCCCCCCCCCCCCCCCCCCCCCC. The van der Waals surface area contributed by atoms with Gasteiger partial charge in [-0.05, 0) is 25.7 Å². The predicted octanol–water partition coefficient (Wildman–Crippen LogP) is 11.5. The van der Waals surface area contributed by atoms with Crippen LogP contribution in [0.5, 0.6) is 0 Å². The van der Waals surface area contributed by atoms with Crippen molar-refractivity contribution in [1.82, 2.24) is 0 Å². The largest absolute Gasteiger partial charge is 0.0885 e. The molecule has 0 aliphatic rings. The van der Waals surface area contributed by atoms with Gasteiger partial charge in [-0.15, -0.1) is 0 Å². The van der Waals surface area contributed by atoms with E-state index in [4.69, 9.17) is 0 Å². The highest BCUT2D eigenvalue weighted by atomic mass is 14.0. The van der Waals surface area contributed by atoms with Gasteiger partial charge in [0.1, 0.15) is 0 Å². The lowest BCUT2D eigenvalue weighted by Gasteiger charge is -2.04. The molecule has 0 nitrogen and oxygen atoms in total. The van der Waals surface area contributed by atoms with Crippen LogP contribution in [0.4, 0.5) is 0 Å². The maximum Gasteiger partial charge on any atom is -0.0351 e. The normalized spacial score (nSPS) is 11.7. The van der Waals surface area contributed by atoms with Crippen LogP contribution in [0.1, 0.15) is 174 Å². The van der Waals surface area contributed by atoms with Gasteiger partial charge in [-0.3, -0.25) is 0 Å². The summed E-state index contributed by atoms with van der Waals surface area (Å²) in [6.07, 6.45) is 41.8. The molecule has 0 aromatic rings. The molecule has 0 bridgehead atoms. The number of rotatable bonds is 26. The van der Waals surface area contributed by atoms with Crippen LogP contribution in [0.15, 0.2) is 12.2 Å². The van der Waals surface area contributed by atoms with E-state index in [9.17, 15) is 0 Å². The highest BCUT2D eigenvalue weighted by Gasteiger charge is 1.95. The monoisotopic (exact) mass is 419 g/mol. The highest BCUT2D eigenvalue weighted by Crippen LogP contribution is 2.15. The second-order valence-corrected chi connectivity index (χ2v) is 9.68. The van der Waals surface area contributed by atoms with Crippen LogP contribution in [0.3, 0.4) is 0 Å². The van der Waals surface area contributed by atoms with Crippen LogP contribution in [0, 0.1) is 6.92 Å². The molecule has 0 atom stereocenters. The summed E-state index contributed by atoms with van der Waals surface area (Å²) in [6, 6.07) is 0. The van der Waals surface area contributed by atoms with E-state index in [-0.39, 0.29) is 0 Å². The molecular weight excluding hydrogens is 360 g/mol. The van der Waals surface area contributed by atoms with Crippen LogP contribution in [0.2, 0.25) is 0 Å². The Bertz CT molecular complexity index is 303. The van der Waals surface area contributed by atoms with E-state index in [1.165, 1.54) is 161 Å². The molecule has 0 amide bonds. The topological polar surface area (TPSA) is 0 Å². The number of unbranched alkanes of at least 4 members (excludes halogenated alkanes) is 24. The average Bonchev–Trinajstić information content (AvgIpc) is 2.76. The minimum atomic E-state index is 1.09. The summed E-state index contributed by atoms with van der Waals surface area (Å²) in [5.41, 5.74) is 0. The van der Waals surface area contributed by atoms with Gasteiger partial charge in [0.15, 0.2) is 0 Å². The zero-order valence-corrected chi connectivity index (χ0v) is 21.2. The first-order chi connectivity index (χ1) is 14.9. The lowest BCUT2D eigenvalue weighted by Crippen LogP contribution is -1.84. The third kappa shape index (κ3) is 27.7. The Kier molecular flexibility index (Phi) is 28.5. The Morgan fingerprint density at radius 2 is 0.633 bits per heavy atom. The molecule has 0 aliphatic carbocycles. The van der Waals surface area contributed by atoms with Gasteiger partial charge >= 0.3 is 0 Å². The van der Waals surface area contributed by atoms with Crippen molar-refractivity contribution in [2.45, 2.75) is 174 Å². The summed E-state index contributed by atoms with van der Waals surface area (Å²) in [5.74, 6) is 0. The van der Waals surface area contributed by atoms with Crippen LogP contribution < -0.4 is 0 Å². The fourth-order valence-corrected chi connectivity index (χ4v) is 4.37. The van der Waals surface area contributed by atoms with Gasteiger partial charge in [-0.2, -0.15) is 0 Å². The van der Waals surface area contributed by atoms with Gasteiger partial charge in [0.2, 0.25) is 0 Å². The van der Waals surface area contributed by atoms with E-state index in [1.54, 1.807) is 0 Å². The first kappa shape index (κ1) is 29.7. The van der Waals surface area contributed by atoms with E-state index in [1.807, 2.05) is 0 Å². The van der Waals surface area contributed by atoms with Crippen molar-refractivity contribution in [1.29, 1.82) is 0 Å². The van der Waals surface area contributed by atoms with E-state index >= 15 is 0 Å². The van der Waals surface area contributed by atoms with E-state index < -0.39 is 0 Å². The van der Waals surface area contributed by atoms with Crippen molar-refractivity contribution in [3.05, 3.63) is 19.1 Å².